The van der Waals surface area contributed by atoms with E-state index >= 15 is 4.39 Å². The Hall–Kier alpha value is -4.63. The van der Waals surface area contributed by atoms with Crippen LogP contribution in [0.3, 0.4) is 0 Å². The molecule has 0 spiro atoms. The maximum atomic E-state index is 15.7. The quantitative estimate of drug-likeness (QED) is 0.211. The molecule has 0 fully saturated rings. The fraction of sp³-hybridized carbons (Fsp3) is 0.219. The molecule has 0 atom stereocenters. The van der Waals surface area contributed by atoms with E-state index in [4.69, 9.17) is 14.5 Å². The number of carboxylic acids is 1. The lowest BCUT2D eigenvalue weighted by molar-refractivity contribution is 0.0697. The van der Waals surface area contributed by atoms with E-state index in [9.17, 15) is 14.3 Å². The van der Waals surface area contributed by atoms with Gasteiger partial charge in [-0.3, -0.25) is 0 Å². The number of aryl methyl sites for hydroxylation is 1. The number of aromatic carboxylic acids is 1. The molecule has 41 heavy (non-hydrogen) atoms. The number of imidazole rings is 1. The molecule has 0 radical (unpaired) electrons. The van der Waals surface area contributed by atoms with Crippen LogP contribution in [0.5, 0.6) is 5.88 Å². The summed E-state index contributed by atoms with van der Waals surface area (Å²) in [4.78, 5) is 20.7. The highest BCUT2D eigenvalue weighted by Crippen LogP contribution is 2.29. The predicted molar refractivity (Wildman–Crippen MR) is 151 cm³/mol. The van der Waals surface area contributed by atoms with E-state index in [0.29, 0.717) is 58.8 Å². The number of halogens is 2. The Morgan fingerprint density at radius 1 is 0.976 bits per heavy atom. The molecule has 210 valence electrons. The lowest BCUT2D eigenvalue weighted by Crippen LogP contribution is -2.10. The van der Waals surface area contributed by atoms with Crippen molar-refractivity contribution in [1.82, 2.24) is 14.5 Å². The van der Waals surface area contributed by atoms with Gasteiger partial charge in [0.1, 0.15) is 24.1 Å². The highest BCUT2D eigenvalue weighted by Gasteiger charge is 2.18. The minimum atomic E-state index is -1.02. The summed E-state index contributed by atoms with van der Waals surface area (Å²) in [7, 11) is 1.59. The maximum Gasteiger partial charge on any atom is 0.335 e. The van der Waals surface area contributed by atoms with Crippen molar-refractivity contribution in [2.75, 3.05) is 13.7 Å². The molecule has 2 heterocycles. The number of ether oxygens (including phenoxy) is 2. The molecule has 0 aliphatic heterocycles. The number of hydrogen-bond donors (Lipinski definition) is 1. The Morgan fingerprint density at radius 2 is 1.78 bits per heavy atom. The van der Waals surface area contributed by atoms with Crippen LogP contribution < -0.4 is 4.74 Å². The van der Waals surface area contributed by atoms with Crippen LogP contribution in [0.1, 0.15) is 38.4 Å². The second-order valence-corrected chi connectivity index (χ2v) is 9.81. The van der Waals surface area contributed by atoms with Gasteiger partial charge >= 0.3 is 5.97 Å². The van der Waals surface area contributed by atoms with Gasteiger partial charge in [0.2, 0.25) is 5.88 Å². The maximum absolute atomic E-state index is 15.7. The van der Waals surface area contributed by atoms with Crippen molar-refractivity contribution in [3.63, 3.8) is 0 Å². The average Bonchev–Trinajstić information content (AvgIpc) is 3.30. The molecule has 5 rings (SSSR count). The van der Waals surface area contributed by atoms with Crippen molar-refractivity contribution in [2.24, 2.45) is 0 Å². The number of methoxy groups -OCH3 is 1. The topological polar surface area (TPSA) is 86.5 Å². The molecule has 5 aromatic rings. The number of carbonyl (C=O) groups is 1. The van der Waals surface area contributed by atoms with Gasteiger partial charge in [0.15, 0.2) is 0 Å². The first-order valence-electron chi connectivity index (χ1n) is 13.1. The van der Waals surface area contributed by atoms with Crippen LogP contribution in [0.2, 0.25) is 0 Å². The Balaban J connectivity index is 1.41. The first-order valence-corrected chi connectivity index (χ1v) is 13.1. The van der Waals surface area contributed by atoms with Crippen LogP contribution >= 0.6 is 0 Å². The Kier molecular flexibility index (Phi) is 8.07. The van der Waals surface area contributed by atoms with Gasteiger partial charge in [-0.1, -0.05) is 24.3 Å². The normalized spacial score (nSPS) is 11.2. The minimum absolute atomic E-state index is 0.00104. The van der Waals surface area contributed by atoms with Crippen molar-refractivity contribution in [3.05, 3.63) is 112 Å². The van der Waals surface area contributed by atoms with Gasteiger partial charge in [0.05, 0.1) is 28.9 Å². The first kappa shape index (κ1) is 27.9. The second-order valence-electron chi connectivity index (χ2n) is 9.81. The monoisotopic (exact) mass is 557 g/mol. The lowest BCUT2D eigenvalue weighted by Gasteiger charge is -2.13. The van der Waals surface area contributed by atoms with E-state index in [1.165, 1.54) is 12.1 Å². The summed E-state index contributed by atoms with van der Waals surface area (Å²) in [5.41, 5.74) is 4.63. The summed E-state index contributed by atoms with van der Waals surface area (Å²) in [6.07, 6.45) is 0.336. The zero-order valence-electron chi connectivity index (χ0n) is 22.9. The minimum Gasteiger partial charge on any atom is -0.478 e. The molecule has 1 N–H and O–H groups in total. The summed E-state index contributed by atoms with van der Waals surface area (Å²) in [6, 6.07) is 18.3. The van der Waals surface area contributed by atoms with Crippen LogP contribution in [-0.4, -0.2) is 39.3 Å². The molecule has 2 aromatic heterocycles. The molecule has 3 aromatic carbocycles. The summed E-state index contributed by atoms with van der Waals surface area (Å²) in [5.74, 6) is -0.851. The van der Waals surface area contributed by atoms with Gasteiger partial charge in [0, 0.05) is 37.3 Å². The van der Waals surface area contributed by atoms with E-state index in [1.54, 1.807) is 56.5 Å². The number of fused-ring (bicyclic) bond motifs is 1. The van der Waals surface area contributed by atoms with Gasteiger partial charge in [0.25, 0.3) is 0 Å². The van der Waals surface area contributed by atoms with Gasteiger partial charge in [-0.05, 0) is 66.9 Å². The zero-order chi connectivity index (χ0) is 29.1. The van der Waals surface area contributed by atoms with Gasteiger partial charge in [-0.15, -0.1) is 0 Å². The largest absolute Gasteiger partial charge is 0.478 e. The van der Waals surface area contributed by atoms with E-state index in [1.807, 2.05) is 23.6 Å². The SMILES string of the molecule is COCCn1c(Cc2ccc(-c3cccc(OCc4ccc(C)cc4F)n3)c(F)c2C)nc2ccc(C(=O)O)cc21. The van der Waals surface area contributed by atoms with Gasteiger partial charge in [-0.25, -0.2) is 23.5 Å². The first-order chi connectivity index (χ1) is 19.7. The number of benzene rings is 3. The number of hydrogen-bond acceptors (Lipinski definition) is 5. The second kappa shape index (κ2) is 11.9. The molecule has 0 aliphatic carbocycles. The number of aromatic nitrogens is 3. The smallest absolute Gasteiger partial charge is 0.335 e. The third kappa shape index (κ3) is 5.95. The van der Waals surface area contributed by atoms with E-state index in [2.05, 4.69) is 4.98 Å². The molecule has 0 amide bonds. The number of pyridine rings is 1. The van der Waals surface area contributed by atoms with Gasteiger partial charge < -0.3 is 19.1 Å². The summed E-state index contributed by atoms with van der Waals surface area (Å²) in [6.45, 7) is 4.40. The predicted octanol–water partition coefficient (Wildman–Crippen LogP) is 6.51. The fourth-order valence-electron chi connectivity index (χ4n) is 4.72. The van der Waals surface area contributed by atoms with Crippen LogP contribution in [0.25, 0.3) is 22.3 Å². The number of nitrogens with zero attached hydrogens (tertiary/aromatic N) is 3. The zero-order valence-corrected chi connectivity index (χ0v) is 22.9. The van der Waals surface area contributed by atoms with Crippen molar-refractivity contribution in [3.8, 4) is 17.1 Å². The fourth-order valence-corrected chi connectivity index (χ4v) is 4.72. The third-order valence-corrected chi connectivity index (χ3v) is 7.02. The molecular formula is C32H29F2N3O4. The molecule has 0 bridgehead atoms. The van der Waals surface area contributed by atoms with Crippen molar-refractivity contribution in [2.45, 2.75) is 33.4 Å². The average molecular weight is 558 g/mol. The molecule has 9 heteroatoms. The third-order valence-electron chi connectivity index (χ3n) is 7.02. The standard InChI is InChI=1S/C32H29F2N3O4/c1-19-7-8-23(25(33)15-19)18-41-30-6-4-5-26(36-30)24-11-9-21(20(2)31(24)34)17-29-35-27-12-10-22(32(38)39)16-28(27)37(29)13-14-40-3/h4-12,15-16H,13-14,17-18H2,1-3H3,(H,38,39). The summed E-state index contributed by atoms with van der Waals surface area (Å²) in [5, 5.41) is 9.44. The Morgan fingerprint density at radius 3 is 2.54 bits per heavy atom. The van der Waals surface area contributed by atoms with E-state index in [-0.39, 0.29) is 23.9 Å². The molecule has 0 aliphatic rings. The van der Waals surface area contributed by atoms with Crippen LogP contribution in [0.4, 0.5) is 8.78 Å². The highest BCUT2D eigenvalue weighted by molar-refractivity contribution is 5.92. The number of carboxylic acid groups (broad SMARTS) is 1. The molecule has 0 saturated carbocycles. The van der Waals surface area contributed by atoms with Crippen molar-refractivity contribution >= 4 is 17.0 Å². The number of rotatable bonds is 10. The lowest BCUT2D eigenvalue weighted by atomic mass is 9.99. The van der Waals surface area contributed by atoms with Crippen molar-refractivity contribution in [1.29, 1.82) is 0 Å². The van der Waals surface area contributed by atoms with Crippen LogP contribution in [-0.2, 0) is 24.3 Å². The summed E-state index contributed by atoms with van der Waals surface area (Å²) >= 11 is 0. The molecular weight excluding hydrogens is 528 g/mol. The molecule has 0 saturated heterocycles. The summed E-state index contributed by atoms with van der Waals surface area (Å²) < 4.78 is 42.8. The van der Waals surface area contributed by atoms with Crippen molar-refractivity contribution < 1.29 is 28.2 Å². The van der Waals surface area contributed by atoms with E-state index < -0.39 is 11.8 Å². The van der Waals surface area contributed by atoms with Gasteiger partial charge in [-0.2, -0.15) is 0 Å². The van der Waals surface area contributed by atoms with Crippen LogP contribution in [0.15, 0.2) is 66.7 Å². The van der Waals surface area contributed by atoms with Crippen LogP contribution in [0, 0.1) is 25.5 Å². The Labute approximate surface area is 236 Å². The molecule has 7 nitrogen and oxygen atoms in total. The molecule has 0 unspecified atom stereocenters. The van der Waals surface area contributed by atoms with E-state index in [0.717, 1.165) is 11.1 Å². The Bertz CT molecular complexity index is 1750. The highest BCUT2D eigenvalue weighted by atomic mass is 19.1.